The third-order valence-electron chi connectivity index (χ3n) is 4.85. The van der Waals surface area contributed by atoms with Gasteiger partial charge in [-0.05, 0) is 53.0 Å². The molecule has 2 aliphatic heterocycles. The van der Waals surface area contributed by atoms with E-state index in [0.717, 1.165) is 6.42 Å². The average Bonchev–Trinajstić information content (AvgIpc) is 3.04. The number of fused-ring (bicyclic) bond motifs is 1. The van der Waals surface area contributed by atoms with Crippen molar-refractivity contribution < 1.29 is 9.53 Å². The van der Waals surface area contributed by atoms with Crippen molar-refractivity contribution in [3.63, 3.8) is 0 Å². The Morgan fingerprint density at radius 1 is 1.30 bits per heavy atom. The molecule has 5 heteroatoms. The number of carbonyl (C=O) groups is 1. The zero-order chi connectivity index (χ0) is 16.9. The van der Waals surface area contributed by atoms with Crippen LogP contribution in [0.4, 0.5) is 4.79 Å². The summed E-state index contributed by atoms with van der Waals surface area (Å²) in [5.74, 6) is 0. The first-order valence-corrected chi connectivity index (χ1v) is 9.36. The van der Waals surface area contributed by atoms with E-state index in [-0.39, 0.29) is 6.09 Å². The summed E-state index contributed by atoms with van der Waals surface area (Å²) in [7, 11) is 0. The minimum atomic E-state index is -0.438. The number of nitrogens with zero attached hydrogens (tertiary/aromatic N) is 1. The van der Waals surface area contributed by atoms with Crippen molar-refractivity contribution in [2.75, 3.05) is 19.6 Å². The van der Waals surface area contributed by atoms with Crippen LogP contribution in [0.25, 0.3) is 0 Å². The van der Waals surface area contributed by atoms with Gasteiger partial charge in [0.2, 0.25) is 0 Å². The Kier molecular flexibility index (Phi) is 6.72. The lowest BCUT2D eigenvalue weighted by Gasteiger charge is -2.28. The van der Waals surface area contributed by atoms with Crippen molar-refractivity contribution >= 4 is 6.09 Å². The molecule has 1 amide bonds. The highest BCUT2D eigenvalue weighted by Crippen LogP contribution is 2.28. The number of amides is 1. The summed E-state index contributed by atoms with van der Waals surface area (Å²) >= 11 is 0. The number of alkyl carbamates (subject to hydrolysis) is 1. The summed E-state index contributed by atoms with van der Waals surface area (Å²) in [6, 6.07) is 1.63. The van der Waals surface area contributed by atoms with E-state index in [1.54, 1.807) is 0 Å². The number of nitrogens with one attached hydrogen (secondary N) is 2. The second kappa shape index (κ2) is 8.34. The Balaban J connectivity index is 1.80. The molecule has 0 aromatic rings. The van der Waals surface area contributed by atoms with E-state index in [1.165, 1.54) is 45.2 Å². The van der Waals surface area contributed by atoms with Crippen LogP contribution in [0.2, 0.25) is 0 Å². The van der Waals surface area contributed by atoms with E-state index in [4.69, 9.17) is 4.74 Å². The normalized spacial score (nSPS) is 26.1. The molecule has 23 heavy (non-hydrogen) atoms. The average molecular weight is 325 g/mol. The van der Waals surface area contributed by atoms with Gasteiger partial charge in [-0.25, -0.2) is 4.79 Å². The zero-order valence-electron chi connectivity index (χ0n) is 15.4. The SMILES string of the molecule is CCCCC(CNC(=O)OC(C)(C)C)NC1CCN2CCCC12. The zero-order valence-corrected chi connectivity index (χ0v) is 15.4. The smallest absolute Gasteiger partial charge is 0.407 e. The molecular formula is C18H35N3O2. The van der Waals surface area contributed by atoms with Gasteiger partial charge >= 0.3 is 6.09 Å². The van der Waals surface area contributed by atoms with Crippen molar-refractivity contribution in [2.24, 2.45) is 0 Å². The number of unbranched alkanes of at least 4 members (excludes halogenated alkanes) is 1. The monoisotopic (exact) mass is 325 g/mol. The van der Waals surface area contributed by atoms with Gasteiger partial charge in [0, 0.05) is 31.2 Å². The van der Waals surface area contributed by atoms with Crippen LogP contribution in [0.3, 0.4) is 0 Å². The van der Waals surface area contributed by atoms with E-state index in [2.05, 4.69) is 22.5 Å². The van der Waals surface area contributed by atoms with Crippen LogP contribution in [0, 0.1) is 0 Å². The first-order valence-electron chi connectivity index (χ1n) is 9.36. The fourth-order valence-electron chi connectivity index (χ4n) is 3.80. The predicted molar refractivity (Wildman–Crippen MR) is 93.7 cm³/mol. The first-order chi connectivity index (χ1) is 10.9. The lowest BCUT2D eigenvalue weighted by molar-refractivity contribution is 0.0520. The highest BCUT2D eigenvalue weighted by molar-refractivity contribution is 5.67. The molecule has 3 unspecified atom stereocenters. The Labute approximate surface area is 141 Å². The summed E-state index contributed by atoms with van der Waals surface area (Å²) in [5, 5.41) is 6.77. The minimum Gasteiger partial charge on any atom is -0.444 e. The van der Waals surface area contributed by atoms with E-state index in [9.17, 15) is 4.79 Å². The van der Waals surface area contributed by atoms with Gasteiger partial charge in [-0.15, -0.1) is 0 Å². The third kappa shape index (κ3) is 5.96. The van der Waals surface area contributed by atoms with Crippen LogP contribution < -0.4 is 10.6 Å². The van der Waals surface area contributed by atoms with Crippen LogP contribution >= 0.6 is 0 Å². The van der Waals surface area contributed by atoms with E-state index in [1.807, 2.05) is 20.8 Å². The molecule has 2 saturated heterocycles. The van der Waals surface area contributed by atoms with Crippen molar-refractivity contribution in [3.8, 4) is 0 Å². The van der Waals surface area contributed by atoms with Crippen LogP contribution in [0.5, 0.6) is 0 Å². The van der Waals surface area contributed by atoms with Crippen molar-refractivity contribution in [2.45, 2.75) is 89.9 Å². The Hall–Kier alpha value is -0.810. The summed E-state index contributed by atoms with van der Waals surface area (Å²) in [4.78, 5) is 14.5. The van der Waals surface area contributed by atoms with Gasteiger partial charge in [0.05, 0.1) is 0 Å². The lowest BCUT2D eigenvalue weighted by Crippen LogP contribution is -2.49. The fraction of sp³-hybridized carbons (Fsp3) is 0.944. The van der Waals surface area contributed by atoms with Gasteiger partial charge in [0.25, 0.3) is 0 Å². The molecule has 0 aliphatic carbocycles. The summed E-state index contributed by atoms with van der Waals surface area (Å²) < 4.78 is 5.35. The van der Waals surface area contributed by atoms with Crippen LogP contribution in [-0.4, -0.2) is 54.4 Å². The molecule has 0 aromatic heterocycles. The summed E-state index contributed by atoms with van der Waals surface area (Å²) in [5.41, 5.74) is -0.438. The molecule has 0 bridgehead atoms. The molecule has 2 N–H and O–H groups in total. The predicted octanol–water partition coefficient (Wildman–Crippen LogP) is 2.90. The molecule has 0 radical (unpaired) electrons. The molecule has 2 fully saturated rings. The second-order valence-corrected chi connectivity index (χ2v) is 8.03. The Morgan fingerprint density at radius 3 is 2.78 bits per heavy atom. The standard InChI is InChI=1S/C18H35N3O2/c1-5-6-8-14(13-19-17(22)23-18(2,3)4)20-15-10-12-21-11-7-9-16(15)21/h14-16,20H,5-13H2,1-4H3,(H,19,22). The highest BCUT2D eigenvalue weighted by atomic mass is 16.6. The third-order valence-corrected chi connectivity index (χ3v) is 4.85. The number of hydrogen-bond acceptors (Lipinski definition) is 4. The number of rotatable bonds is 7. The topological polar surface area (TPSA) is 53.6 Å². The van der Waals surface area contributed by atoms with Gasteiger partial charge < -0.3 is 15.4 Å². The van der Waals surface area contributed by atoms with Crippen LogP contribution in [0.1, 0.15) is 66.2 Å². The van der Waals surface area contributed by atoms with E-state index < -0.39 is 5.60 Å². The van der Waals surface area contributed by atoms with Crippen molar-refractivity contribution in [1.29, 1.82) is 0 Å². The fourth-order valence-corrected chi connectivity index (χ4v) is 3.80. The molecular weight excluding hydrogens is 290 g/mol. The summed E-state index contributed by atoms with van der Waals surface area (Å²) in [6.45, 7) is 11.0. The number of carbonyl (C=O) groups excluding carboxylic acids is 1. The maximum absolute atomic E-state index is 11.9. The quantitative estimate of drug-likeness (QED) is 0.756. The number of ether oxygens (including phenoxy) is 1. The molecule has 0 aromatic carbocycles. The number of hydrogen-bond donors (Lipinski definition) is 2. The van der Waals surface area contributed by atoms with Gasteiger partial charge in [0.15, 0.2) is 0 Å². The maximum atomic E-state index is 11.9. The Bertz CT molecular complexity index is 381. The summed E-state index contributed by atoms with van der Waals surface area (Å²) in [6.07, 6.45) is 7.06. The highest BCUT2D eigenvalue weighted by Gasteiger charge is 2.37. The van der Waals surface area contributed by atoms with Gasteiger partial charge in [-0.3, -0.25) is 4.90 Å². The molecule has 2 rings (SSSR count). The largest absolute Gasteiger partial charge is 0.444 e. The van der Waals surface area contributed by atoms with Crippen LogP contribution in [-0.2, 0) is 4.74 Å². The minimum absolute atomic E-state index is 0.310. The van der Waals surface area contributed by atoms with Gasteiger partial charge in [0.1, 0.15) is 5.60 Å². The van der Waals surface area contributed by atoms with Crippen molar-refractivity contribution in [1.82, 2.24) is 15.5 Å². The molecule has 5 nitrogen and oxygen atoms in total. The Morgan fingerprint density at radius 2 is 2.09 bits per heavy atom. The lowest BCUT2D eigenvalue weighted by atomic mass is 10.0. The van der Waals surface area contributed by atoms with Crippen molar-refractivity contribution in [3.05, 3.63) is 0 Å². The molecule has 134 valence electrons. The molecule has 3 atom stereocenters. The molecule has 2 aliphatic rings. The second-order valence-electron chi connectivity index (χ2n) is 8.03. The van der Waals surface area contributed by atoms with E-state index >= 15 is 0 Å². The molecule has 2 heterocycles. The maximum Gasteiger partial charge on any atom is 0.407 e. The first kappa shape index (κ1) is 18.5. The van der Waals surface area contributed by atoms with Gasteiger partial charge in [-0.2, -0.15) is 0 Å². The molecule has 0 saturated carbocycles. The van der Waals surface area contributed by atoms with E-state index in [0.29, 0.717) is 24.7 Å². The van der Waals surface area contributed by atoms with Gasteiger partial charge in [-0.1, -0.05) is 19.8 Å². The molecule has 0 spiro atoms. The van der Waals surface area contributed by atoms with Crippen LogP contribution in [0.15, 0.2) is 0 Å².